The first-order chi connectivity index (χ1) is 14.1. The molecule has 5 rings (SSSR count). The highest BCUT2D eigenvalue weighted by molar-refractivity contribution is 7.21. The molecule has 1 atom stereocenters. The van der Waals surface area contributed by atoms with Gasteiger partial charge in [-0.2, -0.15) is 0 Å². The van der Waals surface area contributed by atoms with Crippen molar-refractivity contribution in [1.29, 1.82) is 0 Å². The Morgan fingerprint density at radius 2 is 1.76 bits per heavy atom. The first-order valence-electron chi connectivity index (χ1n) is 10.2. The number of amides is 2. The van der Waals surface area contributed by atoms with Crippen molar-refractivity contribution in [3.63, 3.8) is 0 Å². The van der Waals surface area contributed by atoms with Gasteiger partial charge in [0.2, 0.25) is 5.91 Å². The van der Waals surface area contributed by atoms with Crippen LogP contribution in [-0.2, 0) is 9.59 Å². The van der Waals surface area contributed by atoms with Gasteiger partial charge in [0, 0.05) is 5.56 Å². The SMILES string of the molecule is Cc1ccc2nc(-c3ccc(N4C(=O)C[C@@H](N5CCCCC5)C4=O)cc3)sc2c1. The van der Waals surface area contributed by atoms with Crippen LogP contribution in [0, 0.1) is 6.92 Å². The number of carbonyl (C=O) groups excluding carboxylic acids is 2. The largest absolute Gasteiger partial charge is 0.292 e. The van der Waals surface area contributed by atoms with Crippen LogP contribution in [0.3, 0.4) is 0 Å². The number of thiazole rings is 1. The van der Waals surface area contributed by atoms with E-state index in [1.54, 1.807) is 11.3 Å². The van der Waals surface area contributed by atoms with Crippen molar-refractivity contribution in [2.75, 3.05) is 18.0 Å². The fourth-order valence-electron chi connectivity index (χ4n) is 4.31. The lowest BCUT2D eigenvalue weighted by Gasteiger charge is -2.30. The normalized spacial score (nSPS) is 20.7. The molecule has 148 valence electrons. The quantitative estimate of drug-likeness (QED) is 0.607. The molecule has 3 aromatic rings. The van der Waals surface area contributed by atoms with Crippen molar-refractivity contribution in [1.82, 2.24) is 9.88 Å². The topological polar surface area (TPSA) is 53.5 Å². The zero-order valence-corrected chi connectivity index (χ0v) is 17.2. The van der Waals surface area contributed by atoms with Crippen molar-refractivity contribution >= 4 is 39.1 Å². The lowest BCUT2D eigenvalue weighted by atomic mass is 10.1. The smallest absolute Gasteiger partial charge is 0.251 e. The highest BCUT2D eigenvalue weighted by Gasteiger charge is 2.42. The van der Waals surface area contributed by atoms with Gasteiger partial charge >= 0.3 is 0 Å². The van der Waals surface area contributed by atoms with Gasteiger partial charge in [0.25, 0.3) is 5.91 Å². The van der Waals surface area contributed by atoms with Gasteiger partial charge < -0.3 is 0 Å². The minimum Gasteiger partial charge on any atom is -0.292 e. The molecule has 2 aliphatic heterocycles. The van der Waals surface area contributed by atoms with Gasteiger partial charge in [0.1, 0.15) is 5.01 Å². The Kier molecular flexibility index (Phi) is 4.68. The third kappa shape index (κ3) is 3.36. The lowest BCUT2D eigenvalue weighted by molar-refractivity contribution is -0.123. The van der Waals surface area contributed by atoms with Gasteiger partial charge in [0.05, 0.1) is 28.4 Å². The standard InChI is InChI=1S/C23H23N3O2S/c1-15-5-10-18-20(13-15)29-22(24-18)16-6-8-17(9-7-16)26-21(27)14-19(23(26)28)25-11-3-2-4-12-25/h5-10,13,19H,2-4,11-12,14H2,1H3/t19-/m1/s1. The molecule has 0 spiro atoms. The second-order valence-electron chi connectivity index (χ2n) is 7.92. The fraction of sp³-hybridized carbons (Fsp3) is 0.348. The summed E-state index contributed by atoms with van der Waals surface area (Å²) in [6.45, 7) is 3.90. The number of fused-ring (bicyclic) bond motifs is 1. The van der Waals surface area contributed by atoms with Crippen LogP contribution in [0.4, 0.5) is 5.69 Å². The van der Waals surface area contributed by atoms with Gasteiger partial charge in [0.15, 0.2) is 0 Å². The molecule has 0 aliphatic carbocycles. The van der Waals surface area contributed by atoms with E-state index in [1.165, 1.54) is 21.6 Å². The molecule has 5 nitrogen and oxygen atoms in total. The van der Waals surface area contributed by atoms with E-state index < -0.39 is 0 Å². The van der Waals surface area contributed by atoms with Crippen molar-refractivity contribution in [3.05, 3.63) is 48.0 Å². The van der Waals surface area contributed by atoms with E-state index in [-0.39, 0.29) is 24.3 Å². The molecule has 0 radical (unpaired) electrons. The Hall–Kier alpha value is -2.57. The minimum atomic E-state index is -0.296. The van der Waals surface area contributed by atoms with Gasteiger partial charge in [-0.15, -0.1) is 11.3 Å². The van der Waals surface area contributed by atoms with E-state index in [2.05, 4.69) is 24.0 Å². The number of likely N-dealkylation sites (tertiary alicyclic amines) is 1. The zero-order chi connectivity index (χ0) is 20.0. The molecule has 1 aromatic heterocycles. The number of hydrogen-bond donors (Lipinski definition) is 0. The van der Waals surface area contributed by atoms with Gasteiger partial charge in [-0.1, -0.05) is 12.5 Å². The fourth-order valence-corrected chi connectivity index (χ4v) is 5.38. The summed E-state index contributed by atoms with van der Waals surface area (Å²) in [4.78, 5) is 33.8. The Morgan fingerprint density at radius 3 is 2.52 bits per heavy atom. The van der Waals surface area contributed by atoms with Crippen molar-refractivity contribution in [2.45, 2.75) is 38.6 Å². The number of anilines is 1. The predicted molar refractivity (Wildman–Crippen MR) is 116 cm³/mol. The van der Waals surface area contributed by atoms with E-state index in [0.29, 0.717) is 5.69 Å². The molecule has 2 amide bonds. The highest BCUT2D eigenvalue weighted by atomic mass is 32.1. The van der Waals surface area contributed by atoms with Crippen LogP contribution in [0.5, 0.6) is 0 Å². The van der Waals surface area contributed by atoms with E-state index >= 15 is 0 Å². The summed E-state index contributed by atoms with van der Waals surface area (Å²) in [7, 11) is 0. The zero-order valence-electron chi connectivity index (χ0n) is 16.4. The second kappa shape index (κ2) is 7.35. The minimum absolute atomic E-state index is 0.0832. The van der Waals surface area contributed by atoms with Crippen molar-refractivity contribution in [2.24, 2.45) is 0 Å². The molecular formula is C23H23N3O2S. The third-order valence-corrected chi connectivity index (χ3v) is 6.94. The number of benzene rings is 2. The maximum atomic E-state index is 13.0. The Bertz CT molecular complexity index is 1080. The number of aromatic nitrogens is 1. The number of piperidine rings is 1. The molecule has 3 heterocycles. The van der Waals surface area contributed by atoms with Crippen LogP contribution in [0.15, 0.2) is 42.5 Å². The average molecular weight is 406 g/mol. The molecule has 0 bridgehead atoms. The maximum Gasteiger partial charge on any atom is 0.251 e. The van der Waals surface area contributed by atoms with Crippen molar-refractivity contribution < 1.29 is 9.59 Å². The first-order valence-corrected chi connectivity index (χ1v) is 11.0. The van der Waals surface area contributed by atoms with Gasteiger partial charge in [-0.3, -0.25) is 14.5 Å². The van der Waals surface area contributed by atoms with Gasteiger partial charge in [-0.25, -0.2) is 9.88 Å². The molecular weight excluding hydrogens is 382 g/mol. The number of aryl methyl sites for hydroxylation is 1. The molecule has 0 saturated carbocycles. The molecule has 2 saturated heterocycles. The second-order valence-corrected chi connectivity index (χ2v) is 8.95. The van der Waals surface area contributed by atoms with Crippen LogP contribution in [-0.4, -0.2) is 40.8 Å². The molecule has 2 aromatic carbocycles. The summed E-state index contributed by atoms with van der Waals surface area (Å²) in [5.41, 5.74) is 3.87. The molecule has 0 unspecified atom stereocenters. The summed E-state index contributed by atoms with van der Waals surface area (Å²) in [5.74, 6) is -0.186. The summed E-state index contributed by atoms with van der Waals surface area (Å²) < 4.78 is 1.17. The van der Waals surface area contributed by atoms with Crippen LogP contribution < -0.4 is 4.90 Å². The van der Waals surface area contributed by atoms with E-state index in [4.69, 9.17) is 4.98 Å². The molecule has 0 N–H and O–H groups in total. The highest BCUT2D eigenvalue weighted by Crippen LogP contribution is 2.33. The van der Waals surface area contributed by atoms with E-state index in [9.17, 15) is 9.59 Å². The molecule has 6 heteroatoms. The monoisotopic (exact) mass is 405 g/mol. The van der Waals surface area contributed by atoms with Crippen LogP contribution in [0.1, 0.15) is 31.2 Å². The van der Waals surface area contributed by atoms with Crippen LogP contribution in [0.25, 0.3) is 20.8 Å². The van der Waals surface area contributed by atoms with Crippen LogP contribution in [0.2, 0.25) is 0 Å². The summed E-state index contributed by atoms with van der Waals surface area (Å²) >= 11 is 1.66. The Labute approximate surface area is 174 Å². The Morgan fingerprint density at radius 1 is 1.00 bits per heavy atom. The van der Waals surface area contributed by atoms with Crippen LogP contribution >= 0.6 is 11.3 Å². The number of rotatable bonds is 3. The summed E-state index contributed by atoms with van der Waals surface area (Å²) in [6.07, 6.45) is 3.71. The van der Waals surface area contributed by atoms with Gasteiger partial charge in [-0.05, 0) is 74.8 Å². The lowest BCUT2D eigenvalue weighted by Crippen LogP contribution is -2.44. The number of carbonyl (C=O) groups is 2. The number of hydrogen-bond acceptors (Lipinski definition) is 5. The average Bonchev–Trinajstić information content (AvgIpc) is 3.29. The third-order valence-electron chi connectivity index (χ3n) is 5.87. The maximum absolute atomic E-state index is 13.0. The molecule has 2 fully saturated rings. The Balaban J connectivity index is 1.39. The van der Waals surface area contributed by atoms with E-state index in [0.717, 1.165) is 42.0 Å². The van der Waals surface area contributed by atoms with E-state index in [1.807, 2.05) is 30.3 Å². The number of nitrogens with zero attached hydrogens (tertiary/aromatic N) is 3. The van der Waals surface area contributed by atoms with Crippen molar-refractivity contribution in [3.8, 4) is 10.6 Å². The summed E-state index contributed by atoms with van der Waals surface area (Å²) in [5, 5.41) is 0.947. The molecule has 2 aliphatic rings. The predicted octanol–water partition coefficient (Wildman–Crippen LogP) is 4.39. The summed E-state index contributed by atoms with van der Waals surface area (Å²) in [6, 6.07) is 13.6. The number of imide groups is 1. The molecule has 29 heavy (non-hydrogen) atoms. The first kappa shape index (κ1) is 18.5.